The van der Waals surface area contributed by atoms with Crippen molar-refractivity contribution >= 4 is 28.1 Å². The van der Waals surface area contributed by atoms with Crippen molar-refractivity contribution in [3.8, 4) is 0 Å². The number of hydrogen-bond donors (Lipinski definition) is 1. The van der Waals surface area contributed by atoms with E-state index in [2.05, 4.69) is 39.5 Å². The molecule has 0 bridgehead atoms. The molecule has 2 aromatic carbocycles. The summed E-state index contributed by atoms with van der Waals surface area (Å²) in [5, 5.41) is 28.8. The third-order valence-corrected chi connectivity index (χ3v) is 5.82. The lowest BCUT2D eigenvalue weighted by Crippen LogP contribution is -2.34. The molecule has 1 fully saturated rings. The standard InChI is InChI=1S/C21H25N5O4/c1-24(11-12-27)18-14-17(19-20(23-30-22-19)21(18)26(28)29)25-9-7-16(8-10-25)13-15-5-3-2-4-6-15/h2-6,14,16,27H,7-13H2,1H3. The number of nitro benzene ring substituents is 1. The molecule has 0 atom stereocenters. The molecule has 0 amide bonds. The molecule has 0 spiro atoms. The first kappa shape index (κ1) is 20.1. The van der Waals surface area contributed by atoms with Crippen molar-refractivity contribution in [2.24, 2.45) is 5.92 Å². The van der Waals surface area contributed by atoms with Gasteiger partial charge in [0.05, 0.1) is 17.2 Å². The Morgan fingerprint density at radius 1 is 1.23 bits per heavy atom. The summed E-state index contributed by atoms with van der Waals surface area (Å²) >= 11 is 0. The fraction of sp³-hybridized carbons (Fsp3) is 0.429. The average Bonchev–Trinajstić information content (AvgIpc) is 3.23. The molecule has 9 heteroatoms. The number of likely N-dealkylation sites (N-methyl/N-ethyl adjacent to an activating group) is 1. The van der Waals surface area contributed by atoms with E-state index in [-0.39, 0.29) is 24.4 Å². The topological polar surface area (TPSA) is 109 Å². The second-order valence-corrected chi connectivity index (χ2v) is 7.75. The molecule has 1 saturated heterocycles. The Bertz CT molecular complexity index is 1010. The van der Waals surface area contributed by atoms with Crippen LogP contribution in [-0.4, -0.2) is 53.6 Å². The van der Waals surface area contributed by atoms with Crippen LogP contribution < -0.4 is 9.80 Å². The average molecular weight is 411 g/mol. The zero-order valence-electron chi connectivity index (χ0n) is 16.9. The molecule has 158 valence electrons. The summed E-state index contributed by atoms with van der Waals surface area (Å²) in [5.41, 5.74) is 2.94. The van der Waals surface area contributed by atoms with Crippen LogP contribution in [0.2, 0.25) is 0 Å². The van der Waals surface area contributed by atoms with Crippen LogP contribution >= 0.6 is 0 Å². The lowest BCUT2D eigenvalue weighted by molar-refractivity contribution is -0.382. The van der Waals surface area contributed by atoms with E-state index < -0.39 is 4.92 Å². The second-order valence-electron chi connectivity index (χ2n) is 7.75. The summed E-state index contributed by atoms with van der Waals surface area (Å²) < 4.78 is 4.88. The Hall–Kier alpha value is -3.20. The SMILES string of the molecule is CN(CCO)c1cc(N2CCC(Cc3ccccc3)CC2)c2nonc2c1[N+](=O)[O-]. The number of aliphatic hydroxyl groups excluding tert-OH is 1. The quantitative estimate of drug-likeness (QED) is 0.467. The van der Waals surface area contributed by atoms with E-state index in [1.54, 1.807) is 18.0 Å². The van der Waals surface area contributed by atoms with Crippen LogP contribution in [0.1, 0.15) is 18.4 Å². The van der Waals surface area contributed by atoms with Gasteiger partial charge in [0.15, 0.2) is 5.52 Å². The predicted octanol–water partition coefficient (Wildman–Crippen LogP) is 3.02. The van der Waals surface area contributed by atoms with Gasteiger partial charge in [-0.15, -0.1) is 0 Å². The first-order valence-electron chi connectivity index (χ1n) is 10.1. The second kappa shape index (κ2) is 8.66. The van der Waals surface area contributed by atoms with Crippen molar-refractivity contribution in [1.29, 1.82) is 0 Å². The highest BCUT2D eigenvalue weighted by atomic mass is 16.6. The van der Waals surface area contributed by atoms with Crippen molar-refractivity contribution in [2.45, 2.75) is 19.3 Å². The van der Waals surface area contributed by atoms with Gasteiger partial charge in [-0.1, -0.05) is 30.3 Å². The number of fused-ring (bicyclic) bond motifs is 1. The monoisotopic (exact) mass is 411 g/mol. The fourth-order valence-electron chi connectivity index (χ4n) is 4.21. The maximum absolute atomic E-state index is 11.7. The zero-order chi connectivity index (χ0) is 21.1. The molecule has 1 aromatic heterocycles. The maximum atomic E-state index is 11.7. The summed E-state index contributed by atoms with van der Waals surface area (Å²) in [4.78, 5) is 15.1. The Balaban J connectivity index is 1.61. The molecule has 30 heavy (non-hydrogen) atoms. The van der Waals surface area contributed by atoms with Gasteiger partial charge in [0, 0.05) is 26.7 Å². The van der Waals surface area contributed by atoms with Gasteiger partial charge in [0.2, 0.25) is 5.52 Å². The first-order valence-corrected chi connectivity index (χ1v) is 10.1. The third-order valence-electron chi connectivity index (χ3n) is 5.82. The van der Waals surface area contributed by atoms with Crippen LogP contribution in [0.3, 0.4) is 0 Å². The van der Waals surface area contributed by atoms with Crippen molar-refractivity contribution in [2.75, 3.05) is 43.1 Å². The third kappa shape index (κ3) is 3.93. The van der Waals surface area contributed by atoms with E-state index in [9.17, 15) is 15.2 Å². The molecule has 1 N–H and O–H groups in total. The molecule has 0 saturated carbocycles. The number of anilines is 2. The number of nitro groups is 1. The van der Waals surface area contributed by atoms with Crippen molar-refractivity contribution in [3.63, 3.8) is 0 Å². The fourth-order valence-corrected chi connectivity index (χ4v) is 4.21. The van der Waals surface area contributed by atoms with Crippen LogP contribution in [0, 0.1) is 16.0 Å². The zero-order valence-corrected chi connectivity index (χ0v) is 16.9. The lowest BCUT2D eigenvalue weighted by atomic mass is 9.90. The number of piperidine rings is 1. The van der Waals surface area contributed by atoms with Gasteiger partial charge in [0.25, 0.3) is 0 Å². The van der Waals surface area contributed by atoms with Crippen LogP contribution in [0.5, 0.6) is 0 Å². The Labute approximate surface area is 174 Å². The van der Waals surface area contributed by atoms with E-state index in [0.717, 1.165) is 38.0 Å². The van der Waals surface area contributed by atoms with Crippen LogP contribution in [0.25, 0.3) is 11.0 Å². The van der Waals surface area contributed by atoms with E-state index in [4.69, 9.17) is 4.63 Å². The summed E-state index contributed by atoms with van der Waals surface area (Å²) in [6.45, 7) is 1.83. The summed E-state index contributed by atoms with van der Waals surface area (Å²) in [6, 6.07) is 12.3. The molecule has 0 aliphatic carbocycles. The number of rotatable bonds is 7. The minimum atomic E-state index is -0.467. The van der Waals surface area contributed by atoms with Gasteiger partial charge >= 0.3 is 5.69 Å². The Kier molecular flexibility index (Phi) is 5.80. The molecule has 0 radical (unpaired) electrons. The van der Waals surface area contributed by atoms with Crippen LogP contribution in [0.4, 0.5) is 17.1 Å². The smallest absolute Gasteiger partial charge is 0.323 e. The highest BCUT2D eigenvalue weighted by Crippen LogP contribution is 2.41. The number of aliphatic hydroxyl groups is 1. The van der Waals surface area contributed by atoms with E-state index in [1.807, 2.05) is 6.07 Å². The number of hydrogen-bond acceptors (Lipinski definition) is 8. The largest absolute Gasteiger partial charge is 0.395 e. The van der Waals surface area contributed by atoms with Crippen LogP contribution in [-0.2, 0) is 6.42 Å². The van der Waals surface area contributed by atoms with E-state index in [0.29, 0.717) is 17.1 Å². The summed E-state index contributed by atoms with van der Waals surface area (Å²) in [6.07, 6.45) is 3.11. The van der Waals surface area contributed by atoms with Gasteiger partial charge in [-0.25, -0.2) is 4.63 Å². The summed E-state index contributed by atoms with van der Waals surface area (Å²) in [5.74, 6) is 0.601. The van der Waals surface area contributed by atoms with Gasteiger partial charge in [0.1, 0.15) is 5.69 Å². The van der Waals surface area contributed by atoms with Gasteiger partial charge < -0.3 is 14.9 Å². The van der Waals surface area contributed by atoms with E-state index >= 15 is 0 Å². The number of benzene rings is 2. The molecule has 9 nitrogen and oxygen atoms in total. The van der Waals surface area contributed by atoms with Crippen molar-refractivity contribution < 1.29 is 14.7 Å². The molecule has 1 aliphatic heterocycles. The number of aromatic nitrogens is 2. The van der Waals surface area contributed by atoms with Crippen molar-refractivity contribution in [1.82, 2.24) is 10.3 Å². The van der Waals surface area contributed by atoms with E-state index in [1.165, 1.54) is 5.56 Å². The van der Waals surface area contributed by atoms with Crippen molar-refractivity contribution in [3.05, 3.63) is 52.1 Å². The molecule has 3 aromatic rings. The maximum Gasteiger partial charge on any atom is 0.323 e. The van der Waals surface area contributed by atoms with Gasteiger partial charge in [-0.2, -0.15) is 0 Å². The number of nitrogens with zero attached hydrogens (tertiary/aromatic N) is 5. The molecular formula is C21H25N5O4. The summed E-state index contributed by atoms with van der Waals surface area (Å²) in [7, 11) is 1.72. The molecule has 4 rings (SSSR count). The Morgan fingerprint density at radius 3 is 2.60 bits per heavy atom. The normalized spacial score (nSPS) is 14.9. The van der Waals surface area contributed by atoms with Gasteiger partial charge in [-0.05, 0) is 47.1 Å². The predicted molar refractivity (Wildman–Crippen MR) is 114 cm³/mol. The first-order chi connectivity index (χ1) is 14.6. The molecule has 0 unspecified atom stereocenters. The highest BCUT2D eigenvalue weighted by Gasteiger charge is 2.30. The van der Waals surface area contributed by atoms with Gasteiger partial charge in [-0.3, -0.25) is 10.1 Å². The highest BCUT2D eigenvalue weighted by molar-refractivity contribution is 6.00. The molecule has 2 heterocycles. The minimum absolute atomic E-state index is 0.108. The minimum Gasteiger partial charge on any atom is -0.395 e. The Morgan fingerprint density at radius 2 is 1.93 bits per heavy atom. The molecule has 1 aliphatic rings. The lowest BCUT2D eigenvalue weighted by Gasteiger charge is -2.34. The van der Waals surface area contributed by atoms with Crippen LogP contribution in [0.15, 0.2) is 41.0 Å². The molecular weight excluding hydrogens is 386 g/mol.